The van der Waals surface area contributed by atoms with Crippen molar-refractivity contribution in [3.63, 3.8) is 0 Å². The second kappa shape index (κ2) is 8.35. The molecule has 170 valence electrons. The summed E-state index contributed by atoms with van der Waals surface area (Å²) in [6.07, 6.45) is 3.33. The van der Waals surface area contributed by atoms with Gasteiger partial charge in [0.1, 0.15) is 0 Å². The van der Waals surface area contributed by atoms with E-state index in [1.54, 1.807) is 7.05 Å². The van der Waals surface area contributed by atoms with E-state index in [9.17, 15) is 9.59 Å². The fraction of sp³-hybridized carbons (Fsp3) is 0.360. The normalized spacial score (nSPS) is 16.5. The topological polar surface area (TPSA) is 84.5 Å². The molecular weight excluding hydrogens is 416 g/mol. The number of likely N-dealkylation sites (tertiary alicyclic amines) is 1. The lowest BCUT2D eigenvalue weighted by Gasteiger charge is -2.33. The summed E-state index contributed by atoms with van der Waals surface area (Å²) in [6.45, 7) is 5.39. The van der Waals surface area contributed by atoms with Crippen molar-refractivity contribution in [2.24, 2.45) is 7.05 Å². The van der Waals surface area contributed by atoms with Gasteiger partial charge in [-0.15, -0.1) is 10.2 Å². The standard InChI is InChI=1S/C25H28N6O2/c1-16-14-18(23(32)30-13-7-6-8-17(30)2)11-12-20(16)26-15-22-27-28-25-29(3)24(33)19-9-4-5-10-21(19)31(22)25/h4-5,9-12,14,17,26H,6-8,13,15H2,1-3H3. The van der Waals surface area contributed by atoms with Crippen LogP contribution in [0.3, 0.4) is 0 Å². The van der Waals surface area contributed by atoms with Crippen LogP contribution in [0.2, 0.25) is 0 Å². The minimum atomic E-state index is -0.0934. The molecule has 1 aliphatic heterocycles. The average molecular weight is 445 g/mol. The molecule has 1 N–H and O–H groups in total. The van der Waals surface area contributed by atoms with Gasteiger partial charge >= 0.3 is 0 Å². The molecule has 1 saturated heterocycles. The van der Waals surface area contributed by atoms with Crippen molar-refractivity contribution in [2.75, 3.05) is 11.9 Å². The Morgan fingerprint density at radius 2 is 1.97 bits per heavy atom. The molecule has 2 aromatic carbocycles. The van der Waals surface area contributed by atoms with Gasteiger partial charge in [0.25, 0.3) is 11.5 Å². The molecule has 0 bridgehead atoms. The van der Waals surface area contributed by atoms with E-state index >= 15 is 0 Å². The minimum absolute atomic E-state index is 0.0934. The van der Waals surface area contributed by atoms with E-state index in [0.717, 1.165) is 41.7 Å². The van der Waals surface area contributed by atoms with E-state index < -0.39 is 0 Å². The lowest BCUT2D eigenvalue weighted by Crippen LogP contribution is -2.42. The molecule has 1 amide bonds. The third-order valence-corrected chi connectivity index (χ3v) is 6.67. The maximum atomic E-state index is 13.0. The van der Waals surface area contributed by atoms with E-state index in [-0.39, 0.29) is 17.5 Å². The SMILES string of the molecule is Cc1cc(C(=O)N2CCCCC2C)ccc1NCc1nnc2n(C)c(=O)c3ccccc3n12. The number of piperidine rings is 1. The van der Waals surface area contributed by atoms with E-state index in [1.807, 2.05) is 58.7 Å². The monoisotopic (exact) mass is 444 g/mol. The molecule has 1 aliphatic rings. The summed E-state index contributed by atoms with van der Waals surface area (Å²) in [6, 6.07) is 13.6. The molecule has 1 atom stereocenters. The first-order valence-electron chi connectivity index (χ1n) is 11.4. The van der Waals surface area contributed by atoms with E-state index in [1.165, 1.54) is 11.0 Å². The molecule has 33 heavy (non-hydrogen) atoms. The summed E-state index contributed by atoms with van der Waals surface area (Å²) in [4.78, 5) is 27.6. The van der Waals surface area contributed by atoms with Gasteiger partial charge in [-0.1, -0.05) is 12.1 Å². The zero-order chi connectivity index (χ0) is 23.1. The van der Waals surface area contributed by atoms with Crippen LogP contribution in [0.25, 0.3) is 16.7 Å². The van der Waals surface area contributed by atoms with Crippen molar-refractivity contribution in [1.82, 2.24) is 24.1 Å². The van der Waals surface area contributed by atoms with E-state index in [2.05, 4.69) is 22.4 Å². The summed E-state index contributed by atoms with van der Waals surface area (Å²) in [7, 11) is 1.71. The van der Waals surface area contributed by atoms with Crippen LogP contribution in [-0.4, -0.2) is 42.6 Å². The fourth-order valence-electron chi connectivity index (χ4n) is 4.74. The average Bonchev–Trinajstić information content (AvgIpc) is 3.26. The Kier molecular flexibility index (Phi) is 5.36. The predicted octanol–water partition coefficient (Wildman–Crippen LogP) is 3.52. The third-order valence-electron chi connectivity index (χ3n) is 6.67. The number of carbonyl (C=O) groups is 1. The molecule has 0 saturated carbocycles. The van der Waals surface area contributed by atoms with Crippen LogP contribution in [0, 0.1) is 6.92 Å². The van der Waals surface area contributed by atoms with Gasteiger partial charge in [0.2, 0.25) is 5.78 Å². The number of benzene rings is 2. The molecule has 0 aliphatic carbocycles. The Morgan fingerprint density at radius 1 is 1.15 bits per heavy atom. The zero-order valence-electron chi connectivity index (χ0n) is 19.2. The number of fused-ring (bicyclic) bond motifs is 3. The third kappa shape index (κ3) is 3.65. The van der Waals surface area contributed by atoms with Crippen molar-refractivity contribution in [3.8, 4) is 0 Å². The van der Waals surface area contributed by atoms with Crippen LogP contribution < -0.4 is 10.9 Å². The van der Waals surface area contributed by atoms with Gasteiger partial charge in [0.15, 0.2) is 5.82 Å². The first kappa shape index (κ1) is 21.2. The van der Waals surface area contributed by atoms with Crippen molar-refractivity contribution in [1.29, 1.82) is 0 Å². The first-order valence-corrected chi connectivity index (χ1v) is 11.4. The van der Waals surface area contributed by atoms with Crippen molar-refractivity contribution in [3.05, 3.63) is 69.8 Å². The number of aromatic nitrogens is 4. The number of anilines is 1. The lowest BCUT2D eigenvalue weighted by atomic mass is 10.0. The second-order valence-corrected chi connectivity index (χ2v) is 8.86. The lowest BCUT2D eigenvalue weighted by molar-refractivity contribution is 0.0635. The molecule has 0 spiro atoms. The number of nitrogens with one attached hydrogen (secondary N) is 1. The van der Waals surface area contributed by atoms with Crippen molar-refractivity contribution in [2.45, 2.75) is 45.7 Å². The summed E-state index contributed by atoms with van der Waals surface area (Å²) < 4.78 is 3.43. The van der Waals surface area contributed by atoms with E-state index in [0.29, 0.717) is 23.5 Å². The fourth-order valence-corrected chi connectivity index (χ4v) is 4.74. The molecule has 2 aromatic heterocycles. The summed E-state index contributed by atoms with van der Waals surface area (Å²) in [5.74, 6) is 1.31. The number of carbonyl (C=O) groups excluding carboxylic acids is 1. The van der Waals surface area contributed by atoms with Crippen LogP contribution in [0.5, 0.6) is 0 Å². The molecule has 8 nitrogen and oxygen atoms in total. The highest BCUT2D eigenvalue weighted by Crippen LogP contribution is 2.23. The Labute approximate surface area is 191 Å². The molecule has 1 unspecified atom stereocenters. The van der Waals surface area contributed by atoms with Crippen LogP contribution >= 0.6 is 0 Å². The number of hydrogen-bond donors (Lipinski definition) is 1. The maximum absolute atomic E-state index is 13.0. The van der Waals surface area contributed by atoms with Gasteiger partial charge in [-0.25, -0.2) is 0 Å². The number of rotatable bonds is 4. The molecule has 1 fully saturated rings. The van der Waals surface area contributed by atoms with Crippen molar-refractivity contribution >= 4 is 28.3 Å². The number of aryl methyl sites for hydroxylation is 2. The number of amides is 1. The largest absolute Gasteiger partial charge is 0.378 e. The number of hydrogen-bond acceptors (Lipinski definition) is 5. The quantitative estimate of drug-likeness (QED) is 0.521. The highest BCUT2D eigenvalue weighted by molar-refractivity contribution is 5.95. The van der Waals surface area contributed by atoms with Gasteiger partial charge in [0.05, 0.1) is 17.4 Å². The van der Waals surface area contributed by atoms with Crippen LogP contribution in [0.4, 0.5) is 5.69 Å². The second-order valence-electron chi connectivity index (χ2n) is 8.86. The molecule has 3 heterocycles. The number of para-hydroxylation sites is 1. The Hall–Kier alpha value is -3.68. The number of nitrogens with zero attached hydrogens (tertiary/aromatic N) is 5. The molecule has 0 radical (unpaired) electrons. The smallest absolute Gasteiger partial charge is 0.262 e. The summed E-state index contributed by atoms with van der Waals surface area (Å²) in [5.41, 5.74) is 3.34. The Bertz CT molecular complexity index is 1420. The first-order chi connectivity index (χ1) is 16.0. The van der Waals surface area contributed by atoms with Gasteiger partial charge in [-0.3, -0.25) is 18.6 Å². The van der Waals surface area contributed by atoms with Gasteiger partial charge in [-0.2, -0.15) is 0 Å². The molecule has 5 rings (SSSR count). The van der Waals surface area contributed by atoms with Gasteiger partial charge < -0.3 is 10.2 Å². The van der Waals surface area contributed by atoms with Crippen LogP contribution in [0.1, 0.15) is 47.9 Å². The van der Waals surface area contributed by atoms with Gasteiger partial charge in [-0.05, 0) is 69.0 Å². The minimum Gasteiger partial charge on any atom is -0.378 e. The van der Waals surface area contributed by atoms with Gasteiger partial charge in [0, 0.05) is 30.9 Å². The summed E-state index contributed by atoms with van der Waals surface area (Å²) in [5, 5.41) is 12.6. The summed E-state index contributed by atoms with van der Waals surface area (Å²) >= 11 is 0. The Morgan fingerprint density at radius 3 is 2.76 bits per heavy atom. The van der Waals surface area contributed by atoms with Crippen molar-refractivity contribution < 1.29 is 4.79 Å². The predicted molar refractivity (Wildman–Crippen MR) is 129 cm³/mol. The van der Waals surface area contributed by atoms with E-state index in [4.69, 9.17) is 0 Å². The van der Waals surface area contributed by atoms with Crippen LogP contribution in [-0.2, 0) is 13.6 Å². The molecule has 8 heteroatoms. The molecular formula is C25H28N6O2. The zero-order valence-corrected chi connectivity index (χ0v) is 19.2. The molecule has 4 aromatic rings. The highest BCUT2D eigenvalue weighted by atomic mass is 16.2. The maximum Gasteiger partial charge on any atom is 0.262 e. The Balaban J connectivity index is 1.41. The van der Waals surface area contributed by atoms with Crippen LogP contribution in [0.15, 0.2) is 47.3 Å². The highest BCUT2D eigenvalue weighted by Gasteiger charge is 2.24.